The Morgan fingerprint density at radius 2 is 1.94 bits per heavy atom. The lowest BCUT2D eigenvalue weighted by Gasteiger charge is -2.28. The third-order valence-electron chi connectivity index (χ3n) is 6.64. The number of carbonyl (C=O) groups is 1. The molecule has 7 nitrogen and oxygen atoms in total. The maximum Gasteiger partial charge on any atom is 0.253 e. The van der Waals surface area contributed by atoms with Crippen LogP contribution in [0.1, 0.15) is 28.4 Å². The minimum atomic E-state index is -0.214. The molecule has 0 N–H and O–H groups in total. The van der Waals surface area contributed by atoms with E-state index in [2.05, 4.69) is 4.90 Å². The van der Waals surface area contributed by atoms with Crippen molar-refractivity contribution < 1.29 is 18.3 Å². The van der Waals surface area contributed by atoms with Crippen LogP contribution in [-0.4, -0.2) is 57.2 Å². The van der Waals surface area contributed by atoms with Gasteiger partial charge in [-0.25, -0.2) is 4.39 Å². The smallest absolute Gasteiger partial charge is 0.253 e. The van der Waals surface area contributed by atoms with E-state index in [9.17, 15) is 14.0 Å². The Kier molecular flexibility index (Phi) is 5.77. The summed E-state index contributed by atoms with van der Waals surface area (Å²) in [6.07, 6.45) is 0.596. The lowest BCUT2D eigenvalue weighted by molar-refractivity contribution is 0.0827. The topological polar surface area (TPSA) is 66.2 Å². The van der Waals surface area contributed by atoms with Crippen LogP contribution in [0, 0.1) is 5.82 Å². The van der Waals surface area contributed by atoms with Gasteiger partial charge in [0.25, 0.3) is 5.91 Å². The molecular formula is C26H28FN3O4. The van der Waals surface area contributed by atoms with Gasteiger partial charge >= 0.3 is 0 Å². The highest BCUT2D eigenvalue weighted by atomic mass is 19.1. The van der Waals surface area contributed by atoms with Crippen LogP contribution in [0.5, 0.6) is 0 Å². The van der Waals surface area contributed by atoms with Crippen molar-refractivity contribution in [2.24, 2.45) is 0 Å². The van der Waals surface area contributed by atoms with Gasteiger partial charge in [-0.2, -0.15) is 0 Å². The molecule has 3 heterocycles. The number of ether oxygens (including phenoxy) is 1. The zero-order chi connectivity index (χ0) is 24.0. The summed E-state index contributed by atoms with van der Waals surface area (Å²) < 4.78 is 26.2. The average Bonchev–Trinajstić information content (AvgIpc) is 3.15. The van der Waals surface area contributed by atoms with Gasteiger partial charge in [0.15, 0.2) is 11.3 Å². The molecule has 0 spiro atoms. The summed E-state index contributed by atoms with van der Waals surface area (Å²) in [5.74, 6) is 0.0877. The Bertz CT molecular complexity index is 1310. The molecule has 1 atom stereocenters. The van der Waals surface area contributed by atoms with E-state index in [1.165, 1.54) is 17.0 Å². The normalized spacial score (nSPS) is 17.8. The van der Waals surface area contributed by atoms with Crippen LogP contribution in [0.4, 0.5) is 16.0 Å². The van der Waals surface area contributed by atoms with Crippen LogP contribution < -0.4 is 15.2 Å². The predicted molar refractivity (Wildman–Crippen MR) is 129 cm³/mol. The molecule has 178 valence electrons. The molecule has 1 amide bonds. The quantitative estimate of drug-likeness (QED) is 0.588. The zero-order valence-electron chi connectivity index (χ0n) is 19.6. The first-order chi connectivity index (χ1) is 16.3. The van der Waals surface area contributed by atoms with E-state index >= 15 is 0 Å². The Labute approximate surface area is 197 Å². The molecule has 5 rings (SSSR count). The number of hydrogen-bond donors (Lipinski definition) is 0. The summed E-state index contributed by atoms with van der Waals surface area (Å²) in [6.45, 7) is 4.84. The van der Waals surface area contributed by atoms with Gasteiger partial charge in [0, 0.05) is 68.2 Å². The largest absolute Gasteiger partial charge is 0.440 e. The van der Waals surface area contributed by atoms with Gasteiger partial charge in [0.1, 0.15) is 11.4 Å². The second-order valence-electron chi connectivity index (χ2n) is 9.18. The number of hydrogen-bond acceptors (Lipinski definition) is 6. The van der Waals surface area contributed by atoms with Crippen molar-refractivity contribution in [2.45, 2.75) is 25.9 Å². The van der Waals surface area contributed by atoms with Gasteiger partial charge in [-0.15, -0.1) is 0 Å². The molecule has 0 unspecified atom stereocenters. The molecule has 1 aromatic heterocycles. The van der Waals surface area contributed by atoms with Crippen LogP contribution in [0.25, 0.3) is 11.0 Å². The molecule has 1 saturated heterocycles. The Morgan fingerprint density at radius 1 is 1.18 bits per heavy atom. The van der Waals surface area contributed by atoms with Crippen LogP contribution >= 0.6 is 0 Å². The molecule has 8 heteroatoms. The maximum atomic E-state index is 14.4. The van der Waals surface area contributed by atoms with E-state index in [1.807, 2.05) is 17.9 Å². The number of halogens is 1. The minimum Gasteiger partial charge on any atom is -0.440 e. The third-order valence-corrected chi connectivity index (χ3v) is 6.64. The molecule has 2 aliphatic rings. The van der Waals surface area contributed by atoms with Crippen molar-refractivity contribution in [1.29, 1.82) is 0 Å². The number of nitrogens with zero attached hydrogens (tertiary/aromatic N) is 3. The second-order valence-corrected chi connectivity index (χ2v) is 9.18. The fourth-order valence-corrected chi connectivity index (χ4v) is 4.84. The molecule has 34 heavy (non-hydrogen) atoms. The van der Waals surface area contributed by atoms with Gasteiger partial charge in [-0.05, 0) is 37.6 Å². The number of anilines is 2. The standard InChI is InChI=1S/C26H28FN3O4/c1-16-11-19-21(27)5-4-6-22(19)30(16)15-18-12-17(26(32)28(2)3)13-20-23(31)14-24(34-25(18)20)29-7-9-33-10-8-29/h4-6,12-14,16H,7-11,15H2,1-3H3/t16-/m0/s1. The summed E-state index contributed by atoms with van der Waals surface area (Å²) in [5, 5.41) is 0.367. The van der Waals surface area contributed by atoms with Crippen molar-refractivity contribution in [3.8, 4) is 0 Å². The van der Waals surface area contributed by atoms with E-state index in [4.69, 9.17) is 9.15 Å². The average molecular weight is 466 g/mol. The lowest BCUT2D eigenvalue weighted by Crippen LogP contribution is -2.36. The predicted octanol–water partition coefficient (Wildman–Crippen LogP) is 3.42. The number of carbonyl (C=O) groups excluding carboxylic acids is 1. The van der Waals surface area contributed by atoms with Gasteiger partial charge < -0.3 is 23.9 Å². The van der Waals surface area contributed by atoms with Crippen molar-refractivity contribution in [1.82, 2.24) is 4.90 Å². The summed E-state index contributed by atoms with van der Waals surface area (Å²) >= 11 is 0. The summed E-state index contributed by atoms with van der Waals surface area (Å²) in [5.41, 5.74) is 2.93. The van der Waals surface area contributed by atoms with Crippen molar-refractivity contribution in [2.75, 3.05) is 50.2 Å². The molecule has 0 aliphatic carbocycles. The zero-order valence-corrected chi connectivity index (χ0v) is 19.6. The molecule has 0 saturated carbocycles. The third kappa shape index (κ3) is 3.92. The summed E-state index contributed by atoms with van der Waals surface area (Å²) in [7, 11) is 3.36. The van der Waals surface area contributed by atoms with E-state index in [0.29, 0.717) is 67.2 Å². The van der Waals surface area contributed by atoms with Crippen LogP contribution in [0.3, 0.4) is 0 Å². The van der Waals surface area contributed by atoms with Gasteiger partial charge in [-0.1, -0.05) is 6.07 Å². The van der Waals surface area contributed by atoms with E-state index in [-0.39, 0.29) is 23.2 Å². The molecule has 2 aromatic carbocycles. The monoisotopic (exact) mass is 465 g/mol. The van der Waals surface area contributed by atoms with E-state index in [0.717, 1.165) is 11.3 Å². The first kappa shape index (κ1) is 22.4. The highest BCUT2D eigenvalue weighted by Gasteiger charge is 2.29. The Morgan fingerprint density at radius 3 is 2.68 bits per heavy atom. The fraction of sp³-hybridized carbons (Fsp3) is 0.385. The van der Waals surface area contributed by atoms with Gasteiger partial charge in [0.05, 0.1) is 18.6 Å². The SMILES string of the molecule is C[C@H]1Cc2c(F)cccc2N1Cc1cc(C(=O)N(C)C)cc2c(=O)cc(N3CCOCC3)oc12. The van der Waals surface area contributed by atoms with Crippen molar-refractivity contribution >= 4 is 28.4 Å². The molecule has 1 fully saturated rings. The molecule has 2 aliphatic heterocycles. The lowest BCUT2D eigenvalue weighted by atomic mass is 10.0. The summed E-state index contributed by atoms with van der Waals surface area (Å²) in [4.78, 5) is 31.6. The fourth-order valence-electron chi connectivity index (χ4n) is 4.84. The van der Waals surface area contributed by atoms with Gasteiger partial charge in [-0.3, -0.25) is 9.59 Å². The van der Waals surface area contributed by atoms with Crippen LogP contribution in [0.15, 0.2) is 45.6 Å². The van der Waals surface area contributed by atoms with Crippen LogP contribution in [0.2, 0.25) is 0 Å². The Hall–Kier alpha value is -3.39. The number of rotatable bonds is 4. The van der Waals surface area contributed by atoms with Crippen molar-refractivity contribution in [3.63, 3.8) is 0 Å². The highest BCUT2D eigenvalue weighted by molar-refractivity contribution is 5.98. The number of benzene rings is 2. The first-order valence-corrected chi connectivity index (χ1v) is 11.5. The Balaban J connectivity index is 1.65. The van der Waals surface area contributed by atoms with Crippen LogP contribution in [-0.2, 0) is 17.7 Å². The number of fused-ring (bicyclic) bond motifs is 2. The van der Waals surface area contributed by atoms with Gasteiger partial charge in [0.2, 0.25) is 0 Å². The highest BCUT2D eigenvalue weighted by Crippen LogP contribution is 2.36. The second kappa shape index (κ2) is 8.76. The first-order valence-electron chi connectivity index (χ1n) is 11.5. The minimum absolute atomic E-state index is 0.0595. The number of morpholine rings is 1. The van der Waals surface area contributed by atoms with E-state index in [1.54, 1.807) is 32.3 Å². The summed E-state index contributed by atoms with van der Waals surface area (Å²) in [6, 6.07) is 10.1. The molecular weight excluding hydrogens is 437 g/mol. The maximum absolute atomic E-state index is 14.4. The number of amides is 1. The molecule has 0 bridgehead atoms. The molecule has 3 aromatic rings. The van der Waals surface area contributed by atoms with Crippen molar-refractivity contribution in [3.05, 3.63) is 69.1 Å². The molecule has 0 radical (unpaired) electrons. The van der Waals surface area contributed by atoms with E-state index < -0.39 is 0 Å².